The van der Waals surface area contributed by atoms with Crippen LogP contribution in [0.25, 0.3) is 0 Å². The number of aromatic amines is 1. The zero-order valence-corrected chi connectivity index (χ0v) is 19.8. The Kier molecular flexibility index (Phi) is 6.30. The predicted octanol–water partition coefficient (Wildman–Crippen LogP) is 3.53. The van der Waals surface area contributed by atoms with Crippen LogP contribution in [-0.2, 0) is 14.3 Å². The summed E-state index contributed by atoms with van der Waals surface area (Å²) in [4.78, 5) is 56.0. The molecule has 1 aromatic carbocycles. The third-order valence-corrected chi connectivity index (χ3v) is 6.62. The van der Waals surface area contributed by atoms with Crippen molar-refractivity contribution >= 4 is 35.0 Å². The van der Waals surface area contributed by atoms with Gasteiger partial charge >= 0.3 is 5.97 Å². The molecule has 2 aromatic rings. The van der Waals surface area contributed by atoms with Crippen LogP contribution in [0.15, 0.2) is 45.5 Å². The number of nitrogens with zero attached hydrogens (tertiary/aromatic N) is 2. The topological polar surface area (TPSA) is 144 Å². The van der Waals surface area contributed by atoms with Gasteiger partial charge in [-0.15, -0.1) is 0 Å². The number of aromatic nitrogens is 2. The highest BCUT2D eigenvalue weighted by molar-refractivity contribution is 7.99. The molecule has 2 N–H and O–H groups in total. The van der Waals surface area contributed by atoms with Crippen LogP contribution in [0, 0.1) is 15.5 Å². The lowest BCUT2D eigenvalue weighted by Crippen LogP contribution is -2.37. The molecule has 0 bridgehead atoms. The minimum Gasteiger partial charge on any atom is -0.465 e. The summed E-state index contributed by atoms with van der Waals surface area (Å²) in [6.07, 6.45) is 0.905. The van der Waals surface area contributed by atoms with Gasteiger partial charge in [-0.3, -0.25) is 24.5 Å². The molecule has 0 unspecified atom stereocenters. The maximum Gasteiger partial charge on any atom is 0.316 e. The standard InChI is InChI=1S/C23H24N4O6S/c1-4-33-16(29)11-34-22-25-20-19(21(30)26-22)17(12-5-7-13(8-6-12)27(31)32)18-14(24-20)9-23(2,3)10-15(18)28/h5-8,17H,4,9-11H2,1-3H3,(H2,24,25,26,30)/t17-/m1/s1. The van der Waals surface area contributed by atoms with E-state index in [1.165, 1.54) is 12.1 Å². The number of nitro groups is 1. The average molecular weight is 485 g/mol. The van der Waals surface area contributed by atoms with E-state index in [0.29, 0.717) is 35.5 Å². The normalized spacial score (nSPS) is 18.6. The zero-order chi connectivity index (χ0) is 24.6. The molecule has 178 valence electrons. The van der Waals surface area contributed by atoms with E-state index in [2.05, 4.69) is 15.3 Å². The molecule has 0 spiro atoms. The van der Waals surface area contributed by atoms with E-state index < -0.39 is 22.4 Å². The minimum absolute atomic E-state index is 0.0131. The number of carbonyl (C=O) groups excluding carboxylic acids is 2. The summed E-state index contributed by atoms with van der Waals surface area (Å²) in [6.45, 7) is 5.96. The number of Topliss-reactive ketones (excluding diaryl/α,β-unsaturated/α-hetero) is 1. The SMILES string of the molecule is CCOC(=O)CSc1nc2c(c(=O)[nH]1)[C@H](c1ccc([N+](=O)[O-])cc1)C1=C(CC(C)(C)CC1=O)N2. The molecule has 34 heavy (non-hydrogen) atoms. The smallest absolute Gasteiger partial charge is 0.316 e. The Bertz CT molecular complexity index is 1270. The second kappa shape index (κ2) is 9.05. The molecular weight excluding hydrogens is 460 g/mol. The summed E-state index contributed by atoms with van der Waals surface area (Å²) in [5.41, 5.74) is 1.23. The van der Waals surface area contributed by atoms with Crippen LogP contribution >= 0.6 is 11.8 Å². The summed E-state index contributed by atoms with van der Waals surface area (Å²) >= 11 is 1.05. The van der Waals surface area contributed by atoms with Crippen LogP contribution in [-0.4, -0.2) is 39.0 Å². The van der Waals surface area contributed by atoms with E-state index >= 15 is 0 Å². The first-order valence-electron chi connectivity index (χ1n) is 10.8. The Hall–Kier alpha value is -3.47. The van der Waals surface area contributed by atoms with Crippen LogP contribution in [0.3, 0.4) is 0 Å². The van der Waals surface area contributed by atoms with Crippen LogP contribution in [0.2, 0.25) is 0 Å². The first kappa shape index (κ1) is 23.7. The van der Waals surface area contributed by atoms with Gasteiger partial charge in [0.25, 0.3) is 11.2 Å². The number of ether oxygens (including phenoxy) is 1. The third-order valence-electron chi connectivity index (χ3n) is 5.77. The molecule has 11 heteroatoms. The lowest BCUT2D eigenvalue weighted by atomic mass is 9.69. The van der Waals surface area contributed by atoms with Gasteiger partial charge in [0, 0.05) is 35.7 Å². The molecule has 1 aliphatic carbocycles. The van der Waals surface area contributed by atoms with Crippen LogP contribution < -0.4 is 10.9 Å². The molecule has 2 heterocycles. The number of thioether (sulfide) groups is 1. The Morgan fingerprint density at radius 3 is 2.62 bits per heavy atom. The number of benzene rings is 1. The zero-order valence-electron chi connectivity index (χ0n) is 19.0. The molecule has 1 aromatic heterocycles. The lowest BCUT2D eigenvalue weighted by Gasteiger charge is -2.38. The van der Waals surface area contributed by atoms with Crippen molar-refractivity contribution < 1.29 is 19.2 Å². The summed E-state index contributed by atoms with van der Waals surface area (Å²) in [6, 6.07) is 5.86. The van der Waals surface area contributed by atoms with Crippen molar-refractivity contribution in [3.63, 3.8) is 0 Å². The quantitative estimate of drug-likeness (QED) is 0.207. The number of hydrogen-bond donors (Lipinski definition) is 2. The van der Waals surface area contributed by atoms with Gasteiger partial charge in [0.1, 0.15) is 5.82 Å². The minimum atomic E-state index is -0.712. The summed E-state index contributed by atoms with van der Waals surface area (Å²) in [5.74, 6) is -0.915. The lowest BCUT2D eigenvalue weighted by molar-refractivity contribution is -0.384. The number of nitrogens with one attached hydrogen (secondary N) is 2. The molecular formula is C23H24N4O6S. The molecule has 2 aliphatic rings. The fourth-order valence-corrected chi connectivity index (χ4v) is 5.07. The van der Waals surface area contributed by atoms with E-state index in [1.807, 2.05) is 13.8 Å². The summed E-state index contributed by atoms with van der Waals surface area (Å²) in [5, 5.41) is 14.6. The fourth-order valence-electron chi connectivity index (χ4n) is 4.41. The molecule has 0 amide bonds. The predicted molar refractivity (Wildman–Crippen MR) is 126 cm³/mol. The molecule has 1 atom stereocenters. The van der Waals surface area contributed by atoms with Crippen molar-refractivity contribution in [2.75, 3.05) is 17.7 Å². The van der Waals surface area contributed by atoms with Gasteiger partial charge in [0.15, 0.2) is 10.9 Å². The molecule has 1 aliphatic heterocycles. The number of anilines is 1. The number of hydrogen-bond acceptors (Lipinski definition) is 9. The fraction of sp³-hybridized carbons (Fsp3) is 0.391. The number of rotatable bonds is 6. The number of H-pyrrole nitrogens is 1. The maximum absolute atomic E-state index is 13.2. The van der Waals surface area contributed by atoms with E-state index in [-0.39, 0.29) is 40.0 Å². The highest BCUT2D eigenvalue weighted by Gasteiger charge is 2.42. The number of nitro benzene ring substituents is 1. The molecule has 0 fully saturated rings. The first-order valence-corrected chi connectivity index (χ1v) is 11.8. The number of allylic oxidation sites excluding steroid dienone is 2. The Labute approximate surface area is 199 Å². The van der Waals surface area contributed by atoms with Gasteiger partial charge in [0.2, 0.25) is 0 Å². The summed E-state index contributed by atoms with van der Waals surface area (Å²) < 4.78 is 4.93. The van der Waals surface area contributed by atoms with Crippen molar-refractivity contribution in [3.8, 4) is 0 Å². The van der Waals surface area contributed by atoms with Crippen molar-refractivity contribution in [2.45, 2.75) is 44.7 Å². The highest BCUT2D eigenvalue weighted by atomic mass is 32.2. The average Bonchev–Trinajstić information content (AvgIpc) is 2.75. The number of ketones is 1. The van der Waals surface area contributed by atoms with E-state index in [1.54, 1.807) is 19.1 Å². The number of fused-ring (bicyclic) bond motifs is 1. The third kappa shape index (κ3) is 4.60. The van der Waals surface area contributed by atoms with Gasteiger partial charge in [-0.05, 0) is 24.3 Å². The second-order valence-corrected chi connectivity index (χ2v) is 9.93. The van der Waals surface area contributed by atoms with Crippen LogP contribution in [0.5, 0.6) is 0 Å². The highest BCUT2D eigenvalue weighted by Crippen LogP contribution is 2.47. The second-order valence-electron chi connectivity index (χ2n) is 8.97. The van der Waals surface area contributed by atoms with Gasteiger partial charge in [0.05, 0.1) is 22.8 Å². The largest absolute Gasteiger partial charge is 0.465 e. The van der Waals surface area contributed by atoms with Crippen molar-refractivity contribution in [1.82, 2.24) is 9.97 Å². The van der Waals surface area contributed by atoms with Gasteiger partial charge < -0.3 is 15.0 Å². The molecule has 0 saturated carbocycles. The van der Waals surface area contributed by atoms with Gasteiger partial charge in [-0.2, -0.15) is 0 Å². The van der Waals surface area contributed by atoms with E-state index in [9.17, 15) is 24.5 Å². The van der Waals surface area contributed by atoms with Crippen molar-refractivity contribution in [1.29, 1.82) is 0 Å². The monoisotopic (exact) mass is 484 g/mol. The van der Waals surface area contributed by atoms with Gasteiger partial charge in [-0.25, -0.2) is 4.98 Å². The van der Waals surface area contributed by atoms with E-state index in [4.69, 9.17) is 4.74 Å². The number of carbonyl (C=O) groups is 2. The number of esters is 1. The summed E-state index contributed by atoms with van der Waals surface area (Å²) in [7, 11) is 0. The maximum atomic E-state index is 13.2. The Morgan fingerprint density at radius 2 is 1.97 bits per heavy atom. The van der Waals surface area contributed by atoms with Crippen LogP contribution in [0.4, 0.5) is 11.5 Å². The number of non-ortho nitro benzene ring substituents is 1. The van der Waals surface area contributed by atoms with E-state index in [0.717, 1.165) is 11.8 Å². The van der Waals surface area contributed by atoms with Gasteiger partial charge in [-0.1, -0.05) is 37.7 Å². The Balaban J connectivity index is 1.81. The van der Waals surface area contributed by atoms with Crippen molar-refractivity contribution in [2.24, 2.45) is 5.41 Å². The van der Waals surface area contributed by atoms with Crippen molar-refractivity contribution in [3.05, 3.63) is 67.1 Å². The molecule has 0 radical (unpaired) electrons. The molecule has 4 rings (SSSR count). The van der Waals surface area contributed by atoms with Crippen LogP contribution in [0.1, 0.15) is 50.7 Å². The molecule has 0 saturated heterocycles. The first-order chi connectivity index (χ1) is 16.1. The molecule has 10 nitrogen and oxygen atoms in total. The Morgan fingerprint density at radius 1 is 1.26 bits per heavy atom.